The molecule has 0 aliphatic carbocycles. The predicted octanol–water partition coefficient (Wildman–Crippen LogP) is 4.58. The molecule has 114 valence electrons. The van der Waals surface area contributed by atoms with Crippen LogP contribution in [0.5, 0.6) is 0 Å². The summed E-state index contributed by atoms with van der Waals surface area (Å²) in [7, 11) is 0. The van der Waals surface area contributed by atoms with Crippen LogP contribution in [0.15, 0.2) is 41.7 Å². The lowest BCUT2D eigenvalue weighted by Gasteiger charge is -2.04. The van der Waals surface area contributed by atoms with Crippen LogP contribution in [0.4, 0.5) is 13.2 Å². The van der Waals surface area contributed by atoms with Crippen LogP contribution in [-0.2, 0) is 11.9 Å². The van der Waals surface area contributed by atoms with Crippen molar-refractivity contribution >= 4 is 22.8 Å². The quantitative estimate of drug-likeness (QED) is 0.718. The standard InChI is InChI=1S/C15H12F3N3S/c1-9-3-2-6-19-13(9)8-22-14-20-11-5-4-10(15(16,17)18)7-12(11)21-14/h2-7H,8H2,1H3,(H,20,21). The zero-order valence-corrected chi connectivity index (χ0v) is 12.4. The normalized spacial score (nSPS) is 12.0. The first-order valence-electron chi connectivity index (χ1n) is 6.54. The Hall–Kier alpha value is -2.02. The summed E-state index contributed by atoms with van der Waals surface area (Å²) in [6, 6.07) is 7.35. The molecule has 0 amide bonds. The van der Waals surface area contributed by atoms with Gasteiger partial charge in [0.15, 0.2) is 5.16 Å². The van der Waals surface area contributed by atoms with Gasteiger partial charge in [-0.25, -0.2) is 4.98 Å². The van der Waals surface area contributed by atoms with Crippen molar-refractivity contribution in [2.45, 2.75) is 24.0 Å². The van der Waals surface area contributed by atoms with Crippen LogP contribution < -0.4 is 0 Å². The molecule has 0 fully saturated rings. The summed E-state index contributed by atoms with van der Waals surface area (Å²) in [6.07, 6.45) is -2.64. The van der Waals surface area contributed by atoms with E-state index < -0.39 is 11.7 Å². The Morgan fingerprint density at radius 3 is 2.77 bits per heavy atom. The van der Waals surface area contributed by atoms with Crippen LogP contribution in [0.2, 0.25) is 0 Å². The number of alkyl halides is 3. The Balaban J connectivity index is 1.82. The second kappa shape index (κ2) is 5.64. The third-order valence-electron chi connectivity index (χ3n) is 3.25. The Kier molecular flexibility index (Phi) is 3.82. The number of H-pyrrole nitrogens is 1. The molecule has 0 radical (unpaired) electrons. The smallest absolute Gasteiger partial charge is 0.333 e. The molecular weight excluding hydrogens is 311 g/mol. The van der Waals surface area contributed by atoms with Crippen molar-refractivity contribution in [3.8, 4) is 0 Å². The number of fused-ring (bicyclic) bond motifs is 1. The fraction of sp³-hybridized carbons (Fsp3) is 0.200. The van der Waals surface area contributed by atoms with E-state index in [1.54, 1.807) is 6.20 Å². The molecular formula is C15H12F3N3S. The fourth-order valence-electron chi connectivity index (χ4n) is 2.03. The van der Waals surface area contributed by atoms with Crippen LogP contribution in [0.25, 0.3) is 11.0 Å². The average molecular weight is 323 g/mol. The van der Waals surface area contributed by atoms with E-state index in [1.165, 1.54) is 17.8 Å². The van der Waals surface area contributed by atoms with Crippen molar-refractivity contribution in [3.05, 3.63) is 53.3 Å². The second-order valence-corrected chi connectivity index (χ2v) is 5.79. The van der Waals surface area contributed by atoms with Gasteiger partial charge in [-0.05, 0) is 36.8 Å². The van der Waals surface area contributed by atoms with Gasteiger partial charge in [-0.1, -0.05) is 17.8 Å². The number of nitrogens with zero attached hydrogens (tertiary/aromatic N) is 2. The van der Waals surface area contributed by atoms with Gasteiger partial charge in [0.2, 0.25) is 0 Å². The van der Waals surface area contributed by atoms with Gasteiger partial charge in [0.05, 0.1) is 22.3 Å². The molecule has 3 nitrogen and oxygen atoms in total. The number of thioether (sulfide) groups is 1. The minimum Gasteiger partial charge on any atom is -0.333 e. The zero-order chi connectivity index (χ0) is 15.7. The Morgan fingerprint density at radius 2 is 2.05 bits per heavy atom. The van der Waals surface area contributed by atoms with Crippen LogP contribution in [0.1, 0.15) is 16.8 Å². The molecule has 1 N–H and O–H groups in total. The van der Waals surface area contributed by atoms with Gasteiger partial charge in [-0.15, -0.1) is 0 Å². The molecule has 0 atom stereocenters. The van der Waals surface area contributed by atoms with Crippen LogP contribution in [-0.4, -0.2) is 15.0 Å². The van der Waals surface area contributed by atoms with Gasteiger partial charge in [0.25, 0.3) is 0 Å². The van der Waals surface area contributed by atoms with Crippen molar-refractivity contribution in [2.75, 3.05) is 0 Å². The van der Waals surface area contributed by atoms with Crippen molar-refractivity contribution in [3.63, 3.8) is 0 Å². The summed E-state index contributed by atoms with van der Waals surface area (Å²) in [5.41, 5.74) is 2.22. The van der Waals surface area contributed by atoms with E-state index in [4.69, 9.17) is 0 Å². The molecule has 0 unspecified atom stereocenters. The van der Waals surface area contributed by atoms with Crippen LogP contribution >= 0.6 is 11.8 Å². The number of aromatic amines is 1. The summed E-state index contributed by atoms with van der Waals surface area (Å²) >= 11 is 1.42. The summed E-state index contributed by atoms with van der Waals surface area (Å²) in [6.45, 7) is 1.97. The minimum atomic E-state index is -4.36. The molecule has 2 aromatic heterocycles. The SMILES string of the molecule is Cc1cccnc1CSc1nc2cc(C(F)(F)F)ccc2[nH]1. The zero-order valence-electron chi connectivity index (χ0n) is 11.6. The lowest BCUT2D eigenvalue weighted by Crippen LogP contribution is -2.04. The van der Waals surface area contributed by atoms with E-state index in [1.807, 2.05) is 19.1 Å². The maximum atomic E-state index is 12.7. The third kappa shape index (κ3) is 3.09. The lowest BCUT2D eigenvalue weighted by molar-refractivity contribution is -0.137. The van der Waals surface area contributed by atoms with Crippen molar-refractivity contribution < 1.29 is 13.2 Å². The van der Waals surface area contributed by atoms with Crippen molar-refractivity contribution in [1.82, 2.24) is 15.0 Å². The maximum Gasteiger partial charge on any atom is 0.416 e. The summed E-state index contributed by atoms with van der Waals surface area (Å²) < 4.78 is 38.1. The predicted molar refractivity (Wildman–Crippen MR) is 79.6 cm³/mol. The number of hydrogen-bond donors (Lipinski definition) is 1. The number of nitrogens with one attached hydrogen (secondary N) is 1. The Labute approximate surface area is 129 Å². The summed E-state index contributed by atoms with van der Waals surface area (Å²) in [4.78, 5) is 11.5. The first-order chi connectivity index (χ1) is 10.4. The van der Waals surface area contributed by atoms with E-state index in [9.17, 15) is 13.2 Å². The third-order valence-corrected chi connectivity index (χ3v) is 4.14. The van der Waals surface area contributed by atoms with Gasteiger partial charge in [0.1, 0.15) is 0 Å². The van der Waals surface area contributed by atoms with Gasteiger partial charge in [-0.3, -0.25) is 4.98 Å². The van der Waals surface area contributed by atoms with Crippen molar-refractivity contribution in [2.24, 2.45) is 0 Å². The number of imidazole rings is 1. The molecule has 0 aliphatic heterocycles. The number of pyridine rings is 1. The molecule has 0 saturated heterocycles. The molecule has 3 aromatic rings. The number of aromatic nitrogens is 3. The van der Waals surface area contributed by atoms with E-state index in [2.05, 4.69) is 15.0 Å². The molecule has 0 bridgehead atoms. The van der Waals surface area contributed by atoms with E-state index in [0.29, 0.717) is 21.9 Å². The molecule has 0 saturated carbocycles. The number of halogens is 3. The van der Waals surface area contributed by atoms with Gasteiger partial charge >= 0.3 is 6.18 Å². The number of aryl methyl sites for hydroxylation is 1. The molecule has 1 aromatic carbocycles. The minimum absolute atomic E-state index is 0.315. The van der Waals surface area contributed by atoms with E-state index in [-0.39, 0.29) is 0 Å². The number of hydrogen-bond acceptors (Lipinski definition) is 3. The van der Waals surface area contributed by atoms with Gasteiger partial charge in [-0.2, -0.15) is 13.2 Å². The molecule has 7 heteroatoms. The summed E-state index contributed by atoms with van der Waals surface area (Å²) in [5.74, 6) is 0.610. The van der Waals surface area contributed by atoms with Gasteiger partial charge < -0.3 is 4.98 Å². The highest BCUT2D eigenvalue weighted by atomic mass is 32.2. The first-order valence-corrected chi connectivity index (χ1v) is 7.52. The molecule has 2 heterocycles. The molecule has 22 heavy (non-hydrogen) atoms. The Morgan fingerprint density at radius 1 is 1.23 bits per heavy atom. The van der Waals surface area contributed by atoms with E-state index in [0.717, 1.165) is 23.4 Å². The Bertz CT molecular complexity index is 811. The number of benzene rings is 1. The lowest BCUT2D eigenvalue weighted by atomic mass is 10.2. The molecule has 0 aliphatic rings. The second-order valence-electron chi connectivity index (χ2n) is 4.83. The van der Waals surface area contributed by atoms with Crippen LogP contribution in [0.3, 0.4) is 0 Å². The fourth-order valence-corrected chi connectivity index (χ4v) is 2.95. The first kappa shape index (κ1) is 14.9. The maximum absolute atomic E-state index is 12.7. The molecule has 3 rings (SSSR count). The highest BCUT2D eigenvalue weighted by molar-refractivity contribution is 7.98. The average Bonchev–Trinajstić information content (AvgIpc) is 2.87. The largest absolute Gasteiger partial charge is 0.416 e. The monoisotopic (exact) mass is 323 g/mol. The highest BCUT2D eigenvalue weighted by Crippen LogP contribution is 2.32. The van der Waals surface area contributed by atoms with Crippen molar-refractivity contribution in [1.29, 1.82) is 0 Å². The van der Waals surface area contributed by atoms with Crippen LogP contribution in [0, 0.1) is 6.92 Å². The molecule has 0 spiro atoms. The van der Waals surface area contributed by atoms with E-state index >= 15 is 0 Å². The topological polar surface area (TPSA) is 41.6 Å². The van der Waals surface area contributed by atoms with Gasteiger partial charge in [0, 0.05) is 11.9 Å². The number of rotatable bonds is 3. The highest BCUT2D eigenvalue weighted by Gasteiger charge is 2.30. The summed E-state index contributed by atoms with van der Waals surface area (Å²) in [5, 5.41) is 0.583.